The van der Waals surface area contributed by atoms with Crippen LogP contribution in [0.1, 0.15) is 41.7 Å². The van der Waals surface area contributed by atoms with Crippen molar-refractivity contribution in [1.82, 2.24) is 4.72 Å². The maximum absolute atomic E-state index is 13.3. The summed E-state index contributed by atoms with van der Waals surface area (Å²) in [6, 6.07) is 13.2. The highest BCUT2D eigenvalue weighted by Gasteiger charge is 2.43. The van der Waals surface area contributed by atoms with E-state index in [1.54, 1.807) is 0 Å². The number of nitrogens with one attached hydrogen (secondary N) is 2. The summed E-state index contributed by atoms with van der Waals surface area (Å²) in [7, 11) is -3.61. The number of hydrogen-bond acceptors (Lipinski definition) is 4. The third kappa shape index (κ3) is 4.84. The lowest BCUT2D eigenvalue weighted by molar-refractivity contribution is -0.138. The third-order valence-electron chi connectivity index (χ3n) is 5.81. The van der Waals surface area contributed by atoms with Gasteiger partial charge in [0.05, 0.1) is 23.8 Å². The summed E-state index contributed by atoms with van der Waals surface area (Å²) < 4.78 is 72.0. The van der Waals surface area contributed by atoms with Gasteiger partial charge in [-0.15, -0.1) is 11.6 Å². The van der Waals surface area contributed by atoms with E-state index in [-0.39, 0.29) is 18.5 Å². The van der Waals surface area contributed by atoms with Crippen LogP contribution in [0, 0.1) is 5.92 Å². The maximum Gasteiger partial charge on any atom is 0.416 e. The molecule has 1 fully saturated rings. The lowest BCUT2D eigenvalue weighted by Crippen LogP contribution is -2.43. The Balaban J connectivity index is 1.67. The van der Waals surface area contributed by atoms with E-state index >= 15 is 0 Å². The van der Waals surface area contributed by atoms with Crippen LogP contribution in [0.15, 0.2) is 48.5 Å². The van der Waals surface area contributed by atoms with Crippen molar-refractivity contribution in [2.45, 2.75) is 37.3 Å². The largest absolute Gasteiger partial charge is 0.416 e. The Hall–Kier alpha value is -1.81. The van der Waals surface area contributed by atoms with Gasteiger partial charge in [-0.3, -0.25) is 0 Å². The van der Waals surface area contributed by atoms with Crippen LogP contribution in [0.25, 0.3) is 0 Å². The molecule has 4 rings (SSSR count). The first kappa shape index (κ1) is 22.4. The molecule has 2 aliphatic heterocycles. The van der Waals surface area contributed by atoms with Crippen LogP contribution in [-0.2, 0) is 20.9 Å². The number of hydrogen-bond donors (Lipinski definition) is 2. The van der Waals surface area contributed by atoms with Crippen molar-refractivity contribution in [3.05, 3.63) is 65.2 Å². The molecule has 2 aliphatic rings. The summed E-state index contributed by atoms with van der Waals surface area (Å²) in [6.07, 6.45) is -4.28. The maximum atomic E-state index is 13.3. The molecule has 10 heteroatoms. The van der Waals surface area contributed by atoms with E-state index in [1.807, 2.05) is 30.3 Å². The van der Waals surface area contributed by atoms with Crippen LogP contribution in [0.2, 0.25) is 0 Å². The summed E-state index contributed by atoms with van der Waals surface area (Å²) in [5, 5.41) is 2.83. The predicted octanol–water partition coefficient (Wildman–Crippen LogP) is 4.82. The second kappa shape index (κ2) is 8.61. The minimum atomic E-state index is -4.47. The molecule has 168 valence electrons. The molecular formula is C21H22ClF3N2O3S. The predicted molar refractivity (Wildman–Crippen MR) is 112 cm³/mol. The van der Waals surface area contributed by atoms with Crippen molar-refractivity contribution in [2.75, 3.05) is 17.1 Å². The normalized spacial score (nSPS) is 25.9. The van der Waals surface area contributed by atoms with Gasteiger partial charge in [-0.25, -0.2) is 13.1 Å². The number of alkyl halides is 4. The quantitative estimate of drug-likeness (QED) is 0.609. The molecule has 4 atom stereocenters. The van der Waals surface area contributed by atoms with Crippen LogP contribution in [0.4, 0.5) is 18.9 Å². The number of rotatable bonds is 5. The van der Waals surface area contributed by atoms with Crippen LogP contribution in [-0.4, -0.2) is 26.3 Å². The van der Waals surface area contributed by atoms with Gasteiger partial charge in [0.15, 0.2) is 0 Å². The minimum absolute atomic E-state index is 0.0238. The average Bonchev–Trinajstić information content (AvgIpc) is 2.76. The smallest absolute Gasteiger partial charge is 0.378 e. The van der Waals surface area contributed by atoms with E-state index in [0.29, 0.717) is 24.1 Å². The highest BCUT2D eigenvalue weighted by Crippen LogP contribution is 2.51. The molecule has 0 radical (unpaired) electrons. The topological polar surface area (TPSA) is 67.4 Å². The Morgan fingerprint density at radius 1 is 1.13 bits per heavy atom. The summed E-state index contributed by atoms with van der Waals surface area (Å²) in [4.78, 5) is 0. The molecule has 2 heterocycles. The zero-order valence-electron chi connectivity index (χ0n) is 16.4. The second-order valence-corrected chi connectivity index (χ2v) is 10.2. The number of sulfonamides is 1. The van der Waals surface area contributed by atoms with Gasteiger partial charge in [-0.1, -0.05) is 30.3 Å². The van der Waals surface area contributed by atoms with Gasteiger partial charge in [0.1, 0.15) is 5.21 Å². The number of halogens is 4. The summed E-state index contributed by atoms with van der Waals surface area (Å²) in [6.45, 7) is 0.0238. The van der Waals surface area contributed by atoms with E-state index in [2.05, 4.69) is 10.0 Å². The molecule has 1 saturated heterocycles. The van der Waals surface area contributed by atoms with Crippen molar-refractivity contribution < 1.29 is 26.3 Å². The number of benzene rings is 2. The Kier molecular flexibility index (Phi) is 6.22. The molecule has 2 aromatic carbocycles. The number of fused-ring (bicyclic) bond motifs is 3. The molecule has 2 aromatic rings. The van der Waals surface area contributed by atoms with Crippen LogP contribution < -0.4 is 10.0 Å². The lowest BCUT2D eigenvalue weighted by atomic mass is 9.76. The zero-order valence-corrected chi connectivity index (χ0v) is 18.0. The molecule has 0 saturated carbocycles. The van der Waals surface area contributed by atoms with Crippen molar-refractivity contribution in [2.24, 2.45) is 5.92 Å². The summed E-state index contributed by atoms with van der Waals surface area (Å²) in [5.41, 5.74) is 1.31. The van der Waals surface area contributed by atoms with E-state index < -0.39 is 39.2 Å². The molecule has 0 amide bonds. The minimum Gasteiger partial charge on any atom is -0.378 e. The van der Waals surface area contributed by atoms with Gasteiger partial charge >= 0.3 is 6.18 Å². The van der Waals surface area contributed by atoms with Crippen molar-refractivity contribution in [1.29, 1.82) is 0 Å². The Bertz CT molecular complexity index is 1030. The molecule has 31 heavy (non-hydrogen) atoms. The fourth-order valence-corrected chi connectivity index (χ4v) is 5.08. The molecule has 0 bridgehead atoms. The average molecular weight is 475 g/mol. The summed E-state index contributed by atoms with van der Waals surface area (Å²) >= 11 is 5.43. The van der Waals surface area contributed by atoms with Gasteiger partial charge in [-0.05, 0) is 36.6 Å². The highest BCUT2D eigenvalue weighted by molar-refractivity contribution is 7.90. The van der Waals surface area contributed by atoms with Gasteiger partial charge in [-0.2, -0.15) is 13.2 Å². The number of anilines is 1. The van der Waals surface area contributed by atoms with Crippen LogP contribution in [0.5, 0.6) is 0 Å². The first-order valence-corrected chi connectivity index (χ1v) is 12.1. The standard InChI is InChI=1S/C21H22ClF3N2O3S/c22-12-31(28,29)26-11-15-7-8-16-19(13-4-2-1-3-5-13)27-18-9-6-14(21(23,24)25)10-17(18)20(16)30-15/h1-6,9-10,15-16,19-20,26-27H,7-8,11-12H2/t15-,16+,19+,20+/m1/s1. The first-order valence-electron chi connectivity index (χ1n) is 9.89. The van der Waals surface area contributed by atoms with Gasteiger partial charge < -0.3 is 10.1 Å². The van der Waals surface area contributed by atoms with E-state index in [1.165, 1.54) is 6.07 Å². The molecule has 0 unspecified atom stereocenters. The zero-order chi connectivity index (χ0) is 22.2. The fourth-order valence-electron chi connectivity index (χ4n) is 4.33. The number of ether oxygens (including phenoxy) is 1. The van der Waals surface area contributed by atoms with Crippen molar-refractivity contribution in [3.63, 3.8) is 0 Å². The molecular weight excluding hydrogens is 453 g/mol. The third-order valence-corrected chi connectivity index (χ3v) is 7.56. The molecule has 0 aliphatic carbocycles. The Morgan fingerprint density at radius 3 is 2.55 bits per heavy atom. The second-order valence-electron chi connectivity index (χ2n) is 7.82. The monoisotopic (exact) mass is 474 g/mol. The van der Waals surface area contributed by atoms with Gasteiger partial charge in [0.25, 0.3) is 0 Å². The van der Waals surface area contributed by atoms with Crippen LogP contribution >= 0.6 is 11.6 Å². The van der Waals surface area contributed by atoms with Crippen molar-refractivity contribution >= 4 is 27.3 Å². The Morgan fingerprint density at radius 2 is 1.87 bits per heavy atom. The highest BCUT2D eigenvalue weighted by atomic mass is 35.5. The molecule has 0 aromatic heterocycles. The van der Waals surface area contributed by atoms with Crippen LogP contribution in [0.3, 0.4) is 0 Å². The lowest BCUT2D eigenvalue weighted by Gasteiger charge is -2.46. The fraction of sp³-hybridized carbons (Fsp3) is 0.429. The van der Waals surface area contributed by atoms with E-state index in [4.69, 9.17) is 16.3 Å². The Labute approximate surface area is 184 Å². The van der Waals surface area contributed by atoms with E-state index in [0.717, 1.165) is 17.7 Å². The molecule has 2 N–H and O–H groups in total. The van der Waals surface area contributed by atoms with E-state index in [9.17, 15) is 21.6 Å². The molecule has 0 spiro atoms. The van der Waals surface area contributed by atoms with Gasteiger partial charge in [0, 0.05) is 23.7 Å². The van der Waals surface area contributed by atoms with Gasteiger partial charge in [0.2, 0.25) is 10.0 Å². The first-order chi connectivity index (χ1) is 14.7. The summed E-state index contributed by atoms with van der Waals surface area (Å²) in [5.74, 6) is -0.0979. The SMILES string of the molecule is O=S(=O)(CCl)NC[C@H]1CC[C@@H]2[C@H](O1)c1cc(C(F)(F)F)ccc1N[C@H]2c1ccccc1. The van der Waals surface area contributed by atoms with Crippen molar-refractivity contribution in [3.8, 4) is 0 Å². The molecule has 5 nitrogen and oxygen atoms in total.